The highest BCUT2D eigenvalue weighted by Gasteiger charge is 2.19. The van der Waals surface area contributed by atoms with E-state index in [0.717, 1.165) is 45.2 Å². The molecule has 0 bridgehead atoms. The Morgan fingerprint density at radius 1 is 1.15 bits per heavy atom. The van der Waals surface area contributed by atoms with Crippen molar-refractivity contribution in [1.82, 2.24) is 9.97 Å². The molecule has 3 aromatic rings. The summed E-state index contributed by atoms with van der Waals surface area (Å²) in [6, 6.07) is 8.11. The molecule has 5 nitrogen and oxygen atoms in total. The summed E-state index contributed by atoms with van der Waals surface area (Å²) >= 11 is 1.67. The fraction of sp³-hybridized carbons (Fsp3) is 0.400. The molecule has 1 atom stereocenters. The van der Waals surface area contributed by atoms with Crippen LogP contribution in [0.5, 0.6) is 5.75 Å². The van der Waals surface area contributed by atoms with Crippen LogP contribution < -0.4 is 10.1 Å². The zero-order chi connectivity index (χ0) is 18.7. The average Bonchev–Trinajstić information content (AvgIpc) is 2.96. The van der Waals surface area contributed by atoms with Gasteiger partial charge in [-0.15, -0.1) is 11.3 Å². The Morgan fingerprint density at radius 3 is 2.50 bits per heavy atom. The van der Waals surface area contributed by atoms with E-state index in [1.807, 2.05) is 32.9 Å². The van der Waals surface area contributed by atoms with Crippen molar-refractivity contribution in [1.29, 1.82) is 0 Å². The standard InChI is InChI=1S/C20H25N3O2S/c1-5-15(11-24)23-19-18-17(12(3)26-20(18)22-13(4)21-19)14-7-9-16(10-8-14)25-6-2/h7-10,15,24H,5-6,11H2,1-4H3,(H,21,22,23). The Kier molecular flexibility index (Phi) is 5.74. The molecule has 0 radical (unpaired) electrons. The highest BCUT2D eigenvalue weighted by Crippen LogP contribution is 2.41. The monoisotopic (exact) mass is 371 g/mol. The third-order valence-corrected chi connectivity index (χ3v) is 5.35. The highest BCUT2D eigenvalue weighted by molar-refractivity contribution is 7.19. The lowest BCUT2D eigenvalue weighted by Gasteiger charge is -2.16. The van der Waals surface area contributed by atoms with Crippen LogP contribution in [0, 0.1) is 13.8 Å². The number of ether oxygens (including phenoxy) is 1. The van der Waals surface area contributed by atoms with E-state index in [2.05, 4.69) is 34.3 Å². The minimum atomic E-state index is -0.0270. The molecular formula is C20H25N3O2S. The average molecular weight is 372 g/mol. The summed E-state index contributed by atoms with van der Waals surface area (Å²) in [4.78, 5) is 11.4. The molecule has 1 aromatic carbocycles. The summed E-state index contributed by atoms with van der Waals surface area (Å²) in [5.41, 5.74) is 2.26. The Morgan fingerprint density at radius 2 is 1.88 bits per heavy atom. The van der Waals surface area contributed by atoms with Gasteiger partial charge in [-0.3, -0.25) is 0 Å². The highest BCUT2D eigenvalue weighted by atomic mass is 32.1. The van der Waals surface area contributed by atoms with Crippen molar-refractivity contribution < 1.29 is 9.84 Å². The van der Waals surface area contributed by atoms with Gasteiger partial charge in [-0.2, -0.15) is 0 Å². The first kappa shape index (κ1) is 18.6. The Labute approximate surface area is 158 Å². The number of hydrogen-bond donors (Lipinski definition) is 2. The van der Waals surface area contributed by atoms with Gasteiger partial charge in [0.05, 0.1) is 24.6 Å². The molecule has 138 valence electrons. The van der Waals surface area contributed by atoms with E-state index in [0.29, 0.717) is 6.61 Å². The van der Waals surface area contributed by atoms with E-state index < -0.39 is 0 Å². The van der Waals surface area contributed by atoms with Crippen LogP contribution in [0.25, 0.3) is 21.3 Å². The molecule has 26 heavy (non-hydrogen) atoms. The predicted molar refractivity (Wildman–Crippen MR) is 108 cm³/mol. The van der Waals surface area contributed by atoms with Crippen LogP contribution in [0.1, 0.15) is 31.0 Å². The van der Waals surface area contributed by atoms with Gasteiger partial charge in [-0.1, -0.05) is 19.1 Å². The lowest BCUT2D eigenvalue weighted by molar-refractivity contribution is 0.271. The number of aliphatic hydroxyl groups is 1. The number of aromatic nitrogens is 2. The van der Waals surface area contributed by atoms with Crippen molar-refractivity contribution in [3.63, 3.8) is 0 Å². The number of hydrogen-bond acceptors (Lipinski definition) is 6. The van der Waals surface area contributed by atoms with Gasteiger partial charge in [0.25, 0.3) is 0 Å². The van der Waals surface area contributed by atoms with Crippen molar-refractivity contribution in [3.8, 4) is 16.9 Å². The van der Waals surface area contributed by atoms with Crippen molar-refractivity contribution in [2.75, 3.05) is 18.5 Å². The molecule has 0 fully saturated rings. The quantitative estimate of drug-likeness (QED) is 0.637. The number of benzene rings is 1. The summed E-state index contributed by atoms with van der Waals surface area (Å²) in [6.07, 6.45) is 0.822. The minimum absolute atomic E-state index is 0.0270. The number of rotatable bonds is 7. The zero-order valence-corrected chi connectivity index (χ0v) is 16.5. The lowest BCUT2D eigenvalue weighted by Crippen LogP contribution is -2.23. The number of anilines is 1. The molecule has 1 unspecified atom stereocenters. The first-order valence-corrected chi connectivity index (χ1v) is 9.77. The van der Waals surface area contributed by atoms with Crippen LogP contribution >= 0.6 is 11.3 Å². The van der Waals surface area contributed by atoms with Crippen LogP contribution in [0.4, 0.5) is 5.82 Å². The molecule has 0 amide bonds. The van der Waals surface area contributed by atoms with Crippen molar-refractivity contribution >= 4 is 27.4 Å². The van der Waals surface area contributed by atoms with Gasteiger partial charge in [0.1, 0.15) is 22.2 Å². The maximum atomic E-state index is 9.58. The summed E-state index contributed by atoms with van der Waals surface area (Å²) in [7, 11) is 0. The maximum Gasteiger partial charge on any atom is 0.139 e. The molecule has 0 aliphatic carbocycles. The first-order chi connectivity index (χ1) is 12.6. The second-order valence-corrected chi connectivity index (χ2v) is 7.43. The summed E-state index contributed by atoms with van der Waals surface area (Å²) in [6.45, 7) is 8.76. The normalized spacial score (nSPS) is 12.3. The SMILES string of the molecule is CCOc1ccc(-c2c(C)sc3nc(C)nc(NC(CC)CO)c23)cc1. The number of fused-ring (bicyclic) bond motifs is 1. The molecule has 0 spiro atoms. The molecular weight excluding hydrogens is 346 g/mol. The molecule has 2 heterocycles. The van der Waals surface area contributed by atoms with Crippen LogP contribution in [0.15, 0.2) is 24.3 Å². The van der Waals surface area contributed by atoms with Gasteiger partial charge in [0.2, 0.25) is 0 Å². The van der Waals surface area contributed by atoms with Gasteiger partial charge in [0, 0.05) is 10.4 Å². The van der Waals surface area contributed by atoms with Crippen molar-refractivity contribution in [2.45, 2.75) is 40.2 Å². The second kappa shape index (κ2) is 8.01. The fourth-order valence-electron chi connectivity index (χ4n) is 3.02. The number of nitrogens with one attached hydrogen (secondary N) is 1. The molecule has 0 aliphatic heterocycles. The third kappa shape index (κ3) is 3.66. The second-order valence-electron chi connectivity index (χ2n) is 6.22. The number of nitrogens with zero attached hydrogens (tertiary/aromatic N) is 2. The molecule has 2 aromatic heterocycles. The van der Waals surface area contributed by atoms with Crippen LogP contribution in [-0.4, -0.2) is 34.3 Å². The van der Waals surface area contributed by atoms with E-state index in [9.17, 15) is 5.11 Å². The summed E-state index contributed by atoms with van der Waals surface area (Å²) in [5.74, 6) is 2.39. The summed E-state index contributed by atoms with van der Waals surface area (Å²) < 4.78 is 5.55. The third-order valence-electron chi connectivity index (χ3n) is 4.35. The van der Waals surface area contributed by atoms with Crippen LogP contribution in [0.3, 0.4) is 0 Å². The van der Waals surface area contributed by atoms with E-state index in [1.165, 1.54) is 4.88 Å². The maximum absolute atomic E-state index is 9.58. The molecule has 0 saturated heterocycles. The molecule has 0 aliphatic rings. The fourth-order valence-corrected chi connectivity index (χ4v) is 4.12. The van der Waals surface area contributed by atoms with Gasteiger partial charge in [0.15, 0.2) is 0 Å². The van der Waals surface area contributed by atoms with Crippen molar-refractivity contribution in [3.05, 3.63) is 35.0 Å². The number of aliphatic hydroxyl groups excluding tert-OH is 1. The first-order valence-electron chi connectivity index (χ1n) is 8.95. The largest absolute Gasteiger partial charge is 0.494 e. The zero-order valence-electron chi connectivity index (χ0n) is 15.7. The van der Waals surface area contributed by atoms with Gasteiger partial charge < -0.3 is 15.2 Å². The lowest BCUT2D eigenvalue weighted by atomic mass is 10.0. The van der Waals surface area contributed by atoms with Gasteiger partial charge in [-0.05, 0) is 44.9 Å². The van der Waals surface area contributed by atoms with Crippen molar-refractivity contribution in [2.24, 2.45) is 0 Å². The number of thiophene rings is 1. The van der Waals surface area contributed by atoms with Crippen LogP contribution in [-0.2, 0) is 0 Å². The van der Waals surface area contributed by atoms with Crippen LogP contribution in [0.2, 0.25) is 0 Å². The Bertz CT molecular complexity index is 886. The van der Waals surface area contributed by atoms with E-state index in [1.54, 1.807) is 11.3 Å². The molecule has 6 heteroatoms. The summed E-state index contributed by atoms with van der Waals surface area (Å²) in [5, 5.41) is 14.0. The van der Waals surface area contributed by atoms with E-state index in [4.69, 9.17) is 4.74 Å². The van der Waals surface area contributed by atoms with Gasteiger partial charge >= 0.3 is 0 Å². The minimum Gasteiger partial charge on any atom is -0.494 e. The molecule has 3 rings (SSSR count). The van der Waals surface area contributed by atoms with Gasteiger partial charge in [-0.25, -0.2) is 9.97 Å². The Balaban J connectivity index is 2.14. The predicted octanol–water partition coefficient (Wildman–Crippen LogP) is 4.56. The van der Waals surface area contributed by atoms with E-state index in [-0.39, 0.29) is 12.6 Å². The topological polar surface area (TPSA) is 67.3 Å². The van der Waals surface area contributed by atoms with E-state index >= 15 is 0 Å². The Hall–Kier alpha value is -2.18. The smallest absolute Gasteiger partial charge is 0.139 e. The molecule has 0 saturated carbocycles. The molecule has 2 N–H and O–H groups in total. The number of aryl methyl sites for hydroxylation is 2.